The molecule has 22 heavy (non-hydrogen) atoms. The molecule has 0 bridgehead atoms. The van der Waals surface area contributed by atoms with E-state index in [1.165, 1.54) is 0 Å². The average molecular weight is 324 g/mol. The maximum atomic E-state index is 13.1. The highest BCUT2D eigenvalue weighted by atomic mass is 19.4. The van der Waals surface area contributed by atoms with Crippen LogP contribution < -0.4 is 0 Å². The SMILES string of the molecule is CCC(C)(C)C(=O)OC(CC1CCCC1)C(C)(O)C(F)(F)F. The van der Waals surface area contributed by atoms with Gasteiger partial charge in [-0.25, -0.2) is 0 Å². The number of hydrogen-bond donors (Lipinski definition) is 1. The fourth-order valence-electron chi connectivity index (χ4n) is 2.56. The molecule has 0 saturated heterocycles. The lowest BCUT2D eigenvalue weighted by atomic mass is 9.87. The number of ether oxygens (including phenoxy) is 1. The van der Waals surface area contributed by atoms with Crippen LogP contribution in [0, 0.1) is 11.3 Å². The molecule has 130 valence electrons. The third kappa shape index (κ3) is 4.37. The molecular weight excluding hydrogens is 297 g/mol. The van der Waals surface area contributed by atoms with Gasteiger partial charge in [0, 0.05) is 0 Å². The molecule has 2 atom stereocenters. The molecule has 0 amide bonds. The molecule has 1 rings (SSSR count). The van der Waals surface area contributed by atoms with Gasteiger partial charge in [0.15, 0.2) is 5.60 Å². The van der Waals surface area contributed by atoms with Crippen molar-refractivity contribution in [2.45, 2.75) is 84.1 Å². The number of alkyl halides is 3. The Balaban J connectivity index is 2.93. The van der Waals surface area contributed by atoms with E-state index in [0.29, 0.717) is 13.3 Å². The first kappa shape index (κ1) is 19.3. The van der Waals surface area contributed by atoms with Crippen LogP contribution >= 0.6 is 0 Å². The van der Waals surface area contributed by atoms with E-state index < -0.39 is 29.3 Å². The molecule has 0 spiro atoms. The molecule has 1 fully saturated rings. The first-order valence-electron chi connectivity index (χ1n) is 7.92. The second-order valence-electron chi connectivity index (χ2n) is 7.16. The van der Waals surface area contributed by atoms with E-state index in [4.69, 9.17) is 4.74 Å². The number of hydrogen-bond acceptors (Lipinski definition) is 3. The minimum Gasteiger partial charge on any atom is -0.459 e. The molecule has 0 aliphatic heterocycles. The van der Waals surface area contributed by atoms with Crippen LogP contribution in [-0.2, 0) is 9.53 Å². The van der Waals surface area contributed by atoms with Gasteiger partial charge in [-0.1, -0.05) is 32.6 Å². The van der Waals surface area contributed by atoms with Crippen molar-refractivity contribution in [3.63, 3.8) is 0 Å². The predicted octanol–water partition coefficient (Wildman–Crippen LogP) is 4.23. The lowest BCUT2D eigenvalue weighted by Gasteiger charge is -2.37. The van der Waals surface area contributed by atoms with Crippen molar-refractivity contribution < 1.29 is 27.8 Å². The van der Waals surface area contributed by atoms with Crippen LogP contribution in [0.4, 0.5) is 13.2 Å². The molecule has 1 saturated carbocycles. The van der Waals surface area contributed by atoms with Gasteiger partial charge in [0.25, 0.3) is 0 Å². The summed E-state index contributed by atoms with van der Waals surface area (Å²) < 4.78 is 44.6. The second kappa shape index (κ2) is 6.77. The Hall–Kier alpha value is -0.780. The highest BCUT2D eigenvalue weighted by molar-refractivity contribution is 5.76. The fraction of sp³-hybridized carbons (Fsp3) is 0.938. The number of rotatable bonds is 6. The average Bonchev–Trinajstić information content (AvgIpc) is 2.89. The molecular formula is C16H27F3O3. The van der Waals surface area contributed by atoms with Crippen molar-refractivity contribution >= 4 is 5.97 Å². The summed E-state index contributed by atoms with van der Waals surface area (Å²) in [5, 5.41) is 9.96. The van der Waals surface area contributed by atoms with Crippen LogP contribution in [0.2, 0.25) is 0 Å². The molecule has 2 unspecified atom stereocenters. The molecule has 1 aliphatic rings. The van der Waals surface area contributed by atoms with E-state index in [0.717, 1.165) is 25.7 Å². The highest BCUT2D eigenvalue weighted by Gasteiger charge is 2.57. The molecule has 0 radical (unpaired) electrons. The van der Waals surface area contributed by atoms with Gasteiger partial charge in [-0.05, 0) is 39.5 Å². The van der Waals surface area contributed by atoms with Gasteiger partial charge in [-0.3, -0.25) is 4.79 Å². The van der Waals surface area contributed by atoms with Gasteiger partial charge in [0.1, 0.15) is 6.10 Å². The molecule has 0 aromatic carbocycles. The third-order valence-electron chi connectivity index (χ3n) is 4.91. The normalized spacial score (nSPS) is 21.5. The Bertz CT molecular complexity index is 383. The summed E-state index contributed by atoms with van der Waals surface area (Å²) in [6, 6.07) is 0. The van der Waals surface area contributed by atoms with E-state index in [-0.39, 0.29) is 12.3 Å². The van der Waals surface area contributed by atoms with Gasteiger partial charge in [-0.2, -0.15) is 13.2 Å². The molecule has 0 heterocycles. The Morgan fingerprint density at radius 2 is 1.73 bits per heavy atom. The van der Waals surface area contributed by atoms with E-state index in [1.54, 1.807) is 20.8 Å². The first-order chi connectivity index (χ1) is 9.91. The first-order valence-corrected chi connectivity index (χ1v) is 7.92. The summed E-state index contributed by atoms with van der Waals surface area (Å²) in [7, 11) is 0. The summed E-state index contributed by atoms with van der Waals surface area (Å²) in [5.74, 6) is -0.626. The van der Waals surface area contributed by atoms with Crippen LogP contribution in [-0.4, -0.2) is 29.0 Å². The number of halogens is 3. The Labute approximate surface area is 130 Å². The minimum atomic E-state index is -4.84. The standard InChI is InChI=1S/C16H27F3O3/c1-5-14(2,3)13(20)22-12(10-11-8-6-7-9-11)15(4,21)16(17,18)19/h11-12,21H,5-10H2,1-4H3. The zero-order valence-corrected chi connectivity index (χ0v) is 13.8. The smallest absolute Gasteiger partial charge is 0.420 e. The van der Waals surface area contributed by atoms with Crippen molar-refractivity contribution in [1.29, 1.82) is 0 Å². The largest absolute Gasteiger partial charge is 0.459 e. The van der Waals surface area contributed by atoms with Crippen molar-refractivity contribution in [3.05, 3.63) is 0 Å². The summed E-state index contributed by atoms with van der Waals surface area (Å²) in [4.78, 5) is 12.2. The topological polar surface area (TPSA) is 46.5 Å². The van der Waals surface area contributed by atoms with Crippen molar-refractivity contribution in [3.8, 4) is 0 Å². The molecule has 6 heteroatoms. The van der Waals surface area contributed by atoms with Gasteiger partial charge < -0.3 is 9.84 Å². The van der Waals surface area contributed by atoms with Gasteiger partial charge >= 0.3 is 12.1 Å². The Kier molecular flexibility index (Phi) is 5.93. The molecule has 0 aromatic heterocycles. The van der Waals surface area contributed by atoms with E-state index in [9.17, 15) is 23.1 Å². The summed E-state index contributed by atoms with van der Waals surface area (Å²) in [6.07, 6.45) is -2.31. The van der Waals surface area contributed by atoms with Crippen LogP contribution in [0.15, 0.2) is 0 Å². The van der Waals surface area contributed by atoms with Gasteiger partial charge in [0.05, 0.1) is 5.41 Å². The molecule has 3 nitrogen and oxygen atoms in total. The van der Waals surface area contributed by atoms with Crippen LogP contribution in [0.3, 0.4) is 0 Å². The Morgan fingerprint density at radius 1 is 1.23 bits per heavy atom. The third-order valence-corrected chi connectivity index (χ3v) is 4.91. The molecule has 0 aromatic rings. The highest BCUT2D eigenvalue weighted by Crippen LogP contribution is 2.40. The van der Waals surface area contributed by atoms with Crippen molar-refractivity contribution in [1.82, 2.24) is 0 Å². The zero-order chi connectivity index (χ0) is 17.2. The van der Waals surface area contributed by atoms with E-state index in [1.807, 2.05) is 0 Å². The predicted molar refractivity (Wildman–Crippen MR) is 77.2 cm³/mol. The number of carbonyl (C=O) groups excluding carboxylic acids is 1. The minimum absolute atomic E-state index is 0.0536. The summed E-state index contributed by atoms with van der Waals surface area (Å²) >= 11 is 0. The van der Waals surface area contributed by atoms with Crippen LogP contribution in [0.25, 0.3) is 0 Å². The van der Waals surface area contributed by atoms with E-state index >= 15 is 0 Å². The van der Waals surface area contributed by atoms with Gasteiger partial charge in [-0.15, -0.1) is 0 Å². The monoisotopic (exact) mass is 324 g/mol. The Morgan fingerprint density at radius 3 is 2.14 bits per heavy atom. The van der Waals surface area contributed by atoms with E-state index in [2.05, 4.69) is 0 Å². The number of esters is 1. The lowest BCUT2D eigenvalue weighted by molar-refractivity contribution is -0.288. The summed E-state index contributed by atoms with van der Waals surface area (Å²) in [5.41, 5.74) is -3.90. The molecule has 1 aliphatic carbocycles. The quantitative estimate of drug-likeness (QED) is 0.744. The summed E-state index contributed by atoms with van der Waals surface area (Å²) in [6.45, 7) is 5.72. The van der Waals surface area contributed by atoms with Crippen molar-refractivity contribution in [2.75, 3.05) is 0 Å². The van der Waals surface area contributed by atoms with Crippen molar-refractivity contribution in [2.24, 2.45) is 11.3 Å². The second-order valence-corrected chi connectivity index (χ2v) is 7.16. The lowest BCUT2D eigenvalue weighted by Crippen LogP contribution is -2.55. The maximum Gasteiger partial charge on any atom is 0.420 e. The number of aliphatic hydroxyl groups is 1. The van der Waals surface area contributed by atoms with Crippen LogP contribution in [0.5, 0.6) is 0 Å². The maximum absolute atomic E-state index is 13.1. The fourth-order valence-corrected chi connectivity index (χ4v) is 2.56. The molecule has 1 N–H and O–H groups in total. The zero-order valence-electron chi connectivity index (χ0n) is 13.8. The number of carbonyl (C=O) groups is 1. The van der Waals surface area contributed by atoms with Crippen LogP contribution in [0.1, 0.15) is 66.2 Å². The van der Waals surface area contributed by atoms with Gasteiger partial charge in [0.2, 0.25) is 0 Å².